The number of likely N-dealkylation sites (N-methyl/N-ethyl adjacent to an activating group) is 1. The van der Waals surface area contributed by atoms with Crippen LogP contribution in [0.15, 0.2) is 24.3 Å². The quantitative estimate of drug-likeness (QED) is 0.819. The lowest BCUT2D eigenvalue weighted by atomic mass is 10.0. The third kappa shape index (κ3) is 6.30. The van der Waals surface area contributed by atoms with E-state index < -0.39 is 0 Å². The molecule has 118 valence electrons. The highest BCUT2D eigenvalue weighted by atomic mass is 16.2. The van der Waals surface area contributed by atoms with Crippen molar-refractivity contribution in [2.75, 3.05) is 18.9 Å². The molecule has 0 saturated carbocycles. The van der Waals surface area contributed by atoms with Crippen LogP contribution in [0.4, 0.5) is 5.69 Å². The maximum Gasteiger partial charge on any atom is 0.238 e. The predicted molar refractivity (Wildman–Crippen MR) is 90.7 cm³/mol. The maximum atomic E-state index is 12.1. The van der Waals surface area contributed by atoms with E-state index in [1.165, 1.54) is 5.56 Å². The van der Waals surface area contributed by atoms with E-state index in [0.717, 1.165) is 12.1 Å². The van der Waals surface area contributed by atoms with E-state index >= 15 is 0 Å². The van der Waals surface area contributed by atoms with Gasteiger partial charge in [0.25, 0.3) is 0 Å². The summed E-state index contributed by atoms with van der Waals surface area (Å²) < 4.78 is 0. The van der Waals surface area contributed by atoms with Gasteiger partial charge in [-0.25, -0.2) is 0 Å². The van der Waals surface area contributed by atoms with Crippen LogP contribution < -0.4 is 5.32 Å². The van der Waals surface area contributed by atoms with Crippen molar-refractivity contribution in [3.8, 4) is 0 Å². The van der Waals surface area contributed by atoms with Crippen LogP contribution in [0.25, 0.3) is 0 Å². The second kappa shape index (κ2) is 8.18. The number of amides is 1. The Morgan fingerprint density at radius 1 is 1.10 bits per heavy atom. The molecule has 0 radical (unpaired) electrons. The van der Waals surface area contributed by atoms with Crippen LogP contribution in [0.5, 0.6) is 0 Å². The highest BCUT2D eigenvalue weighted by Gasteiger charge is 2.14. The molecule has 1 unspecified atom stereocenters. The summed E-state index contributed by atoms with van der Waals surface area (Å²) in [5, 5.41) is 2.97. The van der Waals surface area contributed by atoms with Crippen LogP contribution in [0.1, 0.15) is 52.5 Å². The first-order valence-corrected chi connectivity index (χ1v) is 7.89. The average Bonchev–Trinajstić information content (AvgIpc) is 2.38. The predicted octanol–water partition coefficient (Wildman–Crippen LogP) is 4.11. The molecule has 0 saturated heterocycles. The zero-order valence-corrected chi connectivity index (χ0v) is 14.3. The first-order valence-electron chi connectivity index (χ1n) is 7.89. The summed E-state index contributed by atoms with van der Waals surface area (Å²) in [6.07, 6.45) is 1.10. The van der Waals surface area contributed by atoms with Gasteiger partial charge in [-0.05, 0) is 49.9 Å². The van der Waals surface area contributed by atoms with E-state index in [1.54, 1.807) is 0 Å². The van der Waals surface area contributed by atoms with Crippen molar-refractivity contribution in [1.29, 1.82) is 0 Å². The fraction of sp³-hybridized carbons (Fsp3) is 0.611. The van der Waals surface area contributed by atoms with E-state index in [4.69, 9.17) is 0 Å². The van der Waals surface area contributed by atoms with Gasteiger partial charge in [-0.15, -0.1) is 0 Å². The Labute approximate surface area is 129 Å². The fourth-order valence-corrected chi connectivity index (χ4v) is 2.40. The van der Waals surface area contributed by atoms with Crippen LogP contribution >= 0.6 is 0 Å². The van der Waals surface area contributed by atoms with Crippen molar-refractivity contribution >= 4 is 11.6 Å². The number of hydrogen-bond donors (Lipinski definition) is 1. The first kappa shape index (κ1) is 17.7. The van der Waals surface area contributed by atoms with Crippen LogP contribution in [0.3, 0.4) is 0 Å². The Balaban J connectivity index is 2.49. The molecule has 1 rings (SSSR count). The van der Waals surface area contributed by atoms with Gasteiger partial charge in [0, 0.05) is 11.7 Å². The summed E-state index contributed by atoms with van der Waals surface area (Å²) in [5.74, 6) is 1.21. The minimum Gasteiger partial charge on any atom is -0.325 e. The largest absolute Gasteiger partial charge is 0.325 e. The molecule has 0 aliphatic rings. The van der Waals surface area contributed by atoms with Crippen molar-refractivity contribution < 1.29 is 4.79 Å². The van der Waals surface area contributed by atoms with Crippen LogP contribution in [0.2, 0.25) is 0 Å². The molecule has 0 heterocycles. The number of hydrogen-bond acceptors (Lipinski definition) is 2. The van der Waals surface area contributed by atoms with Gasteiger partial charge in [0.1, 0.15) is 0 Å². The SMILES string of the molecule is CC(C)CC(C)N(C)CC(=O)Nc1ccc(C(C)C)cc1. The summed E-state index contributed by atoms with van der Waals surface area (Å²) in [7, 11) is 2.01. The van der Waals surface area contributed by atoms with Gasteiger partial charge in [0.2, 0.25) is 5.91 Å². The molecule has 1 N–H and O–H groups in total. The summed E-state index contributed by atoms with van der Waals surface area (Å²) in [4.78, 5) is 14.2. The summed E-state index contributed by atoms with van der Waals surface area (Å²) in [5.41, 5.74) is 2.16. The number of anilines is 1. The molecule has 3 nitrogen and oxygen atoms in total. The third-order valence-corrected chi connectivity index (χ3v) is 3.82. The van der Waals surface area contributed by atoms with Crippen LogP contribution in [0, 0.1) is 5.92 Å². The molecule has 0 aliphatic carbocycles. The van der Waals surface area contributed by atoms with Crippen molar-refractivity contribution in [2.24, 2.45) is 5.92 Å². The van der Waals surface area contributed by atoms with E-state index in [9.17, 15) is 4.79 Å². The summed E-state index contributed by atoms with van der Waals surface area (Å²) in [6.45, 7) is 11.4. The fourth-order valence-electron chi connectivity index (χ4n) is 2.40. The van der Waals surface area contributed by atoms with E-state index in [1.807, 2.05) is 19.2 Å². The molecule has 0 bridgehead atoms. The van der Waals surface area contributed by atoms with E-state index in [-0.39, 0.29) is 5.91 Å². The Hall–Kier alpha value is -1.35. The number of carbonyl (C=O) groups excluding carboxylic acids is 1. The molecule has 0 spiro atoms. The molecule has 3 heteroatoms. The second-order valence-electron chi connectivity index (χ2n) is 6.72. The molecule has 0 aromatic heterocycles. The maximum absolute atomic E-state index is 12.1. The van der Waals surface area contributed by atoms with Crippen molar-refractivity contribution in [3.63, 3.8) is 0 Å². The molecule has 1 atom stereocenters. The Morgan fingerprint density at radius 3 is 2.14 bits per heavy atom. The zero-order valence-electron chi connectivity index (χ0n) is 14.3. The first-order chi connectivity index (χ1) is 9.79. The number of nitrogens with one attached hydrogen (secondary N) is 1. The highest BCUT2D eigenvalue weighted by Crippen LogP contribution is 2.17. The van der Waals surface area contributed by atoms with Crippen molar-refractivity contribution in [1.82, 2.24) is 4.90 Å². The van der Waals surface area contributed by atoms with Gasteiger partial charge in [-0.2, -0.15) is 0 Å². The Morgan fingerprint density at radius 2 is 1.67 bits per heavy atom. The number of rotatable bonds is 7. The van der Waals surface area contributed by atoms with Gasteiger partial charge in [0.05, 0.1) is 6.54 Å². The smallest absolute Gasteiger partial charge is 0.238 e. The van der Waals surface area contributed by atoms with E-state index in [0.29, 0.717) is 24.4 Å². The number of nitrogens with zero attached hydrogens (tertiary/aromatic N) is 1. The minimum atomic E-state index is 0.0467. The molecular formula is C18H30N2O. The minimum absolute atomic E-state index is 0.0467. The Bertz CT molecular complexity index is 437. The normalized spacial score (nSPS) is 13.0. The standard InChI is InChI=1S/C18H30N2O/c1-13(2)11-15(5)20(6)12-18(21)19-17-9-7-16(8-10-17)14(3)4/h7-10,13-15H,11-12H2,1-6H3,(H,19,21). The molecule has 0 aliphatic heterocycles. The third-order valence-electron chi connectivity index (χ3n) is 3.82. The van der Waals surface area contributed by atoms with Gasteiger partial charge in [-0.1, -0.05) is 39.8 Å². The molecule has 21 heavy (non-hydrogen) atoms. The van der Waals surface area contributed by atoms with Crippen LogP contribution in [-0.4, -0.2) is 30.4 Å². The average molecular weight is 290 g/mol. The number of carbonyl (C=O) groups is 1. The molecule has 1 aromatic rings. The second-order valence-corrected chi connectivity index (χ2v) is 6.72. The summed E-state index contributed by atoms with van der Waals surface area (Å²) >= 11 is 0. The lowest BCUT2D eigenvalue weighted by Gasteiger charge is -2.25. The van der Waals surface area contributed by atoms with Gasteiger partial charge in [-0.3, -0.25) is 9.69 Å². The lowest BCUT2D eigenvalue weighted by molar-refractivity contribution is -0.117. The highest BCUT2D eigenvalue weighted by molar-refractivity contribution is 5.92. The Kier molecular flexibility index (Phi) is 6.90. The van der Waals surface area contributed by atoms with Crippen molar-refractivity contribution in [3.05, 3.63) is 29.8 Å². The molecule has 1 amide bonds. The van der Waals surface area contributed by atoms with Gasteiger partial charge < -0.3 is 5.32 Å². The van der Waals surface area contributed by atoms with Gasteiger partial charge >= 0.3 is 0 Å². The molecule has 1 aromatic carbocycles. The number of benzene rings is 1. The molecule has 0 fully saturated rings. The van der Waals surface area contributed by atoms with Crippen LogP contribution in [-0.2, 0) is 4.79 Å². The molecular weight excluding hydrogens is 260 g/mol. The van der Waals surface area contributed by atoms with Gasteiger partial charge in [0.15, 0.2) is 0 Å². The monoisotopic (exact) mass is 290 g/mol. The topological polar surface area (TPSA) is 32.3 Å². The summed E-state index contributed by atoms with van der Waals surface area (Å²) in [6, 6.07) is 8.52. The zero-order chi connectivity index (χ0) is 16.0. The van der Waals surface area contributed by atoms with Crippen molar-refractivity contribution in [2.45, 2.75) is 53.0 Å². The lowest BCUT2D eigenvalue weighted by Crippen LogP contribution is -2.37. The van der Waals surface area contributed by atoms with E-state index in [2.05, 4.69) is 57.0 Å².